The molecule has 1 saturated heterocycles. The molecule has 0 aromatic heterocycles. The molecule has 1 aromatic carbocycles. The number of hydrogen-bond acceptors (Lipinski definition) is 3. The quantitative estimate of drug-likeness (QED) is 0.828. The standard InChI is InChI=1S/C18H25ClN2O2/c1-23-11-10-20-6-3-7-21(9-8-20)18(22)17-13-16(17)14-4-2-5-15(19)12-14/h2,4-5,12,16-17H,3,6-11,13H2,1H3. The summed E-state index contributed by atoms with van der Waals surface area (Å²) < 4.78 is 5.15. The van der Waals surface area contributed by atoms with Crippen LogP contribution in [0.5, 0.6) is 0 Å². The number of ether oxygens (including phenoxy) is 1. The zero-order chi connectivity index (χ0) is 16.2. The Kier molecular flexibility index (Phi) is 5.57. The van der Waals surface area contributed by atoms with Crippen LogP contribution in [0.3, 0.4) is 0 Å². The molecule has 1 heterocycles. The Balaban J connectivity index is 1.53. The molecular weight excluding hydrogens is 312 g/mol. The number of hydrogen-bond donors (Lipinski definition) is 0. The number of halogens is 1. The summed E-state index contributed by atoms with van der Waals surface area (Å²) >= 11 is 6.06. The van der Waals surface area contributed by atoms with Gasteiger partial charge in [0.2, 0.25) is 5.91 Å². The normalized spacial score (nSPS) is 25.2. The van der Waals surface area contributed by atoms with Crippen molar-refractivity contribution in [2.24, 2.45) is 5.92 Å². The van der Waals surface area contributed by atoms with Crippen molar-refractivity contribution >= 4 is 17.5 Å². The van der Waals surface area contributed by atoms with Crippen LogP contribution >= 0.6 is 11.6 Å². The van der Waals surface area contributed by atoms with E-state index in [4.69, 9.17) is 16.3 Å². The Labute approximate surface area is 143 Å². The smallest absolute Gasteiger partial charge is 0.226 e. The largest absolute Gasteiger partial charge is 0.383 e. The molecule has 1 amide bonds. The predicted molar refractivity (Wildman–Crippen MR) is 91.8 cm³/mol. The zero-order valence-corrected chi connectivity index (χ0v) is 14.5. The predicted octanol–water partition coefficient (Wildman–Crippen LogP) is 2.62. The van der Waals surface area contributed by atoms with Crippen LogP contribution in [0.15, 0.2) is 24.3 Å². The van der Waals surface area contributed by atoms with E-state index in [1.54, 1.807) is 7.11 Å². The van der Waals surface area contributed by atoms with Gasteiger partial charge in [-0.3, -0.25) is 9.69 Å². The average Bonchev–Trinajstić information content (AvgIpc) is 3.36. The molecule has 5 heteroatoms. The number of benzene rings is 1. The fraction of sp³-hybridized carbons (Fsp3) is 0.611. The van der Waals surface area contributed by atoms with Crippen molar-refractivity contribution < 1.29 is 9.53 Å². The van der Waals surface area contributed by atoms with E-state index in [9.17, 15) is 4.79 Å². The minimum atomic E-state index is 0.152. The van der Waals surface area contributed by atoms with Crippen LogP contribution in [0, 0.1) is 5.92 Å². The number of carbonyl (C=O) groups is 1. The minimum Gasteiger partial charge on any atom is -0.383 e. The number of amides is 1. The van der Waals surface area contributed by atoms with E-state index in [1.165, 1.54) is 5.56 Å². The lowest BCUT2D eigenvalue weighted by Gasteiger charge is -2.22. The molecule has 3 rings (SSSR count). The van der Waals surface area contributed by atoms with Gasteiger partial charge < -0.3 is 9.64 Å². The first-order chi connectivity index (χ1) is 11.2. The molecular formula is C18H25ClN2O2. The van der Waals surface area contributed by atoms with E-state index in [-0.39, 0.29) is 5.92 Å². The first-order valence-electron chi connectivity index (χ1n) is 8.44. The van der Waals surface area contributed by atoms with Crippen LogP contribution in [-0.2, 0) is 9.53 Å². The third-order valence-corrected chi connectivity index (χ3v) is 5.13. The third kappa shape index (κ3) is 4.25. The highest BCUT2D eigenvalue weighted by Crippen LogP contribution is 2.48. The molecule has 1 aliphatic heterocycles. The SMILES string of the molecule is COCCN1CCCN(C(=O)C2CC2c2cccc(Cl)c2)CC1. The Hall–Kier alpha value is -1.10. The molecule has 1 aliphatic carbocycles. The minimum absolute atomic E-state index is 0.152. The first-order valence-corrected chi connectivity index (χ1v) is 8.82. The molecule has 4 nitrogen and oxygen atoms in total. The fourth-order valence-electron chi connectivity index (χ4n) is 3.44. The Morgan fingerprint density at radius 2 is 2.17 bits per heavy atom. The van der Waals surface area contributed by atoms with E-state index < -0.39 is 0 Å². The van der Waals surface area contributed by atoms with Crippen molar-refractivity contribution in [3.05, 3.63) is 34.9 Å². The van der Waals surface area contributed by atoms with Crippen molar-refractivity contribution in [3.8, 4) is 0 Å². The summed E-state index contributed by atoms with van der Waals surface area (Å²) in [7, 11) is 1.73. The molecule has 1 saturated carbocycles. The fourth-order valence-corrected chi connectivity index (χ4v) is 3.64. The maximum atomic E-state index is 12.8. The number of methoxy groups -OCH3 is 1. The van der Waals surface area contributed by atoms with Gasteiger partial charge in [-0.15, -0.1) is 0 Å². The summed E-state index contributed by atoms with van der Waals surface area (Å²) in [6, 6.07) is 7.93. The molecule has 23 heavy (non-hydrogen) atoms. The second-order valence-corrected chi connectivity index (χ2v) is 6.95. The highest BCUT2D eigenvalue weighted by atomic mass is 35.5. The molecule has 2 fully saturated rings. The van der Waals surface area contributed by atoms with Gasteiger partial charge in [-0.2, -0.15) is 0 Å². The molecule has 2 atom stereocenters. The van der Waals surface area contributed by atoms with Crippen LogP contribution in [0.25, 0.3) is 0 Å². The van der Waals surface area contributed by atoms with Gasteiger partial charge in [0.1, 0.15) is 0 Å². The summed E-state index contributed by atoms with van der Waals surface area (Å²) in [5, 5.41) is 0.754. The average molecular weight is 337 g/mol. The number of rotatable bonds is 5. The highest BCUT2D eigenvalue weighted by Gasteiger charge is 2.45. The summed E-state index contributed by atoms with van der Waals surface area (Å²) in [6.07, 6.45) is 2.01. The zero-order valence-electron chi connectivity index (χ0n) is 13.7. The third-order valence-electron chi connectivity index (χ3n) is 4.90. The lowest BCUT2D eigenvalue weighted by molar-refractivity contribution is -0.132. The van der Waals surface area contributed by atoms with Crippen molar-refractivity contribution in [1.29, 1.82) is 0 Å². The topological polar surface area (TPSA) is 32.8 Å². The summed E-state index contributed by atoms with van der Waals surface area (Å²) in [6.45, 7) is 5.42. The Bertz CT molecular complexity index is 552. The van der Waals surface area contributed by atoms with Gasteiger partial charge in [0, 0.05) is 44.2 Å². The van der Waals surface area contributed by atoms with Crippen LogP contribution in [0.2, 0.25) is 5.02 Å². The number of carbonyl (C=O) groups excluding carboxylic acids is 1. The summed E-state index contributed by atoms with van der Waals surface area (Å²) in [4.78, 5) is 17.2. The second kappa shape index (κ2) is 7.65. The van der Waals surface area contributed by atoms with Crippen LogP contribution in [0.4, 0.5) is 0 Å². The van der Waals surface area contributed by atoms with Crippen molar-refractivity contribution in [2.75, 3.05) is 46.4 Å². The first kappa shape index (κ1) is 16.7. The Morgan fingerprint density at radius 3 is 2.96 bits per heavy atom. The summed E-state index contributed by atoms with van der Waals surface area (Å²) in [5.74, 6) is 0.830. The van der Waals surface area contributed by atoms with Gasteiger partial charge in [0.05, 0.1) is 6.61 Å². The van der Waals surface area contributed by atoms with E-state index in [2.05, 4.69) is 15.9 Å². The highest BCUT2D eigenvalue weighted by molar-refractivity contribution is 6.30. The van der Waals surface area contributed by atoms with Crippen LogP contribution in [0.1, 0.15) is 24.3 Å². The van der Waals surface area contributed by atoms with Gasteiger partial charge in [-0.05, 0) is 43.0 Å². The molecule has 2 aliphatic rings. The van der Waals surface area contributed by atoms with E-state index in [0.29, 0.717) is 11.8 Å². The maximum Gasteiger partial charge on any atom is 0.226 e. The van der Waals surface area contributed by atoms with E-state index in [1.807, 2.05) is 18.2 Å². The lowest BCUT2D eigenvalue weighted by atomic mass is 10.1. The van der Waals surface area contributed by atoms with Gasteiger partial charge in [0.15, 0.2) is 0 Å². The van der Waals surface area contributed by atoms with Gasteiger partial charge in [-0.1, -0.05) is 23.7 Å². The van der Waals surface area contributed by atoms with E-state index >= 15 is 0 Å². The summed E-state index contributed by atoms with van der Waals surface area (Å²) in [5.41, 5.74) is 1.20. The lowest BCUT2D eigenvalue weighted by Crippen LogP contribution is -2.37. The molecule has 0 bridgehead atoms. The van der Waals surface area contributed by atoms with Crippen LogP contribution in [-0.4, -0.2) is 62.1 Å². The van der Waals surface area contributed by atoms with Gasteiger partial charge >= 0.3 is 0 Å². The monoisotopic (exact) mass is 336 g/mol. The molecule has 1 aromatic rings. The molecule has 0 spiro atoms. The number of nitrogens with zero attached hydrogens (tertiary/aromatic N) is 2. The van der Waals surface area contributed by atoms with Crippen LogP contribution < -0.4 is 0 Å². The molecule has 0 N–H and O–H groups in total. The maximum absolute atomic E-state index is 12.8. The Morgan fingerprint density at radius 1 is 1.30 bits per heavy atom. The molecule has 2 unspecified atom stereocenters. The van der Waals surface area contributed by atoms with Crippen molar-refractivity contribution in [3.63, 3.8) is 0 Å². The van der Waals surface area contributed by atoms with Crippen molar-refractivity contribution in [2.45, 2.75) is 18.8 Å². The second-order valence-electron chi connectivity index (χ2n) is 6.52. The van der Waals surface area contributed by atoms with E-state index in [0.717, 1.165) is 57.2 Å². The van der Waals surface area contributed by atoms with Gasteiger partial charge in [0.25, 0.3) is 0 Å². The molecule has 0 radical (unpaired) electrons. The van der Waals surface area contributed by atoms with Crippen molar-refractivity contribution in [1.82, 2.24) is 9.80 Å². The van der Waals surface area contributed by atoms with Gasteiger partial charge in [-0.25, -0.2) is 0 Å². The molecule has 126 valence electrons.